The third-order valence-corrected chi connectivity index (χ3v) is 1.96. The highest BCUT2D eigenvalue weighted by Crippen LogP contribution is 2.24. The first-order chi connectivity index (χ1) is 6.19. The van der Waals surface area contributed by atoms with E-state index in [1.807, 2.05) is 32.2 Å². The first-order valence-electron chi connectivity index (χ1n) is 4.15. The van der Waals surface area contributed by atoms with Crippen LogP contribution in [0.1, 0.15) is 5.56 Å². The van der Waals surface area contributed by atoms with Crippen molar-refractivity contribution in [3.63, 3.8) is 0 Å². The normalized spacial score (nSPS) is 9.46. The quantitative estimate of drug-likeness (QED) is 0.713. The molecule has 0 unspecified atom stereocenters. The van der Waals surface area contributed by atoms with Crippen LogP contribution in [0.15, 0.2) is 18.2 Å². The van der Waals surface area contributed by atoms with Crippen molar-refractivity contribution in [1.29, 1.82) is 0 Å². The van der Waals surface area contributed by atoms with Gasteiger partial charge in [0.15, 0.2) is 0 Å². The first kappa shape index (κ1) is 9.58. The van der Waals surface area contributed by atoms with Crippen LogP contribution in [0, 0.1) is 6.92 Å². The molecule has 1 aromatic rings. The summed E-state index contributed by atoms with van der Waals surface area (Å²) in [6.45, 7) is 2.02. The molecule has 0 saturated carbocycles. The third-order valence-electron chi connectivity index (χ3n) is 1.96. The van der Waals surface area contributed by atoms with Crippen LogP contribution in [0.25, 0.3) is 0 Å². The molecule has 0 radical (unpaired) electrons. The molecular formula is C10H14N2O. The van der Waals surface area contributed by atoms with E-state index in [0.717, 1.165) is 17.8 Å². The van der Waals surface area contributed by atoms with Crippen LogP contribution in [0.4, 0.5) is 11.4 Å². The Morgan fingerprint density at radius 1 is 1.46 bits per heavy atom. The van der Waals surface area contributed by atoms with E-state index in [0.29, 0.717) is 0 Å². The molecule has 0 aliphatic heterocycles. The molecule has 1 aromatic carbocycles. The van der Waals surface area contributed by atoms with Crippen LogP contribution in [-0.4, -0.2) is 20.5 Å². The van der Waals surface area contributed by atoms with Crippen molar-refractivity contribution >= 4 is 17.8 Å². The fourth-order valence-corrected chi connectivity index (χ4v) is 1.21. The predicted octanol–water partition coefficient (Wildman–Crippen LogP) is 1.63. The topological polar surface area (TPSA) is 32.3 Å². The van der Waals surface area contributed by atoms with Crippen LogP contribution in [0.3, 0.4) is 0 Å². The second kappa shape index (κ2) is 3.94. The summed E-state index contributed by atoms with van der Waals surface area (Å²) in [5.74, 6) is 0. The van der Waals surface area contributed by atoms with E-state index in [1.54, 1.807) is 11.9 Å². The zero-order valence-electron chi connectivity index (χ0n) is 8.16. The highest BCUT2D eigenvalue weighted by Gasteiger charge is 2.04. The molecule has 0 heterocycles. The summed E-state index contributed by atoms with van der Waals surface area (Å²) in [5.41, 5.74) is 3.03. The number of nitrogens with one attached hydrogen (secondary N) is 1. The number of hydrogen-bond donors (Lipinski definition) is 1. The van der Waals surface area contributed by atoms with E-state index >= 15 is 0 Å². The van der Waals surface area contributed by atoms with Gasteiger partial charge in [-0.2, -0.15) is 0 Å². The van der Waals surface area contributed by atoms with Gasteiger partial charge in [-0.3, -0.25) is 4.79 Å². The maximum atomic E-state index is 10.6. The number of anilines is 2. The molecule has 3 nitrogen and oxygen atoms in total. The minimum absolute atomic E-state index is 0.797. The Labute approximate surface area is 78.4 Å². The lowest BCUT2D eigenvalue weighted by Crippen LogP contribution is -2.15. The summed E-state index contributed by atoms with van der Waals surface area (Å²) >= 11 is 0. The molecule has 0 atom stereocenters. The lowest BCUT2D eigenvalue weighted by molar-refractivity contribution is -0.107. The molecule has 0 fully saturated rings. The van der Waals surface area contributed by atoms with Crippen molar-refractivity contribution in [3.05, 3.63) is 23.8 Å². The Kier molecular flexibility index (Phi) is 2.90. The van der Waals surface area contributed by atoms with Gasteiger partial charge in [0.1, 0.15) is 0 Å². The van der Waals surface area contributed by atoms with Crippen molar-refractivity contribution < 1.29 is 4.79 Å². The van der Waals surface area contributed by atoms with Crippen LogP contribution >= 0.6 is 0 Å². The van der Waals surface area contributed by atoms with Gasteiger partial charge in [-0.1, -0.05) is 6.07 Å². The lowest BCUT2D eigenvalue weighted by Gasteiger charge is -2.15. The van der Waals surface area contributed by atoms with Gasteiger partial charge in [0.2, 0.25) is 6.41 Å². The lowest BCUT2D eigenvalue weighted by atomic mass is 10.2. The number of hydrogen-bond acceptors (Lipinski definition) is 2. The number of amides is 1. The van der Waals surface area contributed by atoms with Crippen molar-refractivity contribution in [1.82, 2.24) is 0 Å². The number of aryl methyl sites for hydroxylation is 1. The molecule has 13 heavy (non-hydrogen) atoms. The van der Waals surface area contributed by atoms with E-state index in [2.05, 4.69) is 5.32 Å². The van der Waals surface area contributed by atoms with E-state index < -0.39 is 0 Å². The maximum Gasteiger partial charge on any atom is 0.213 e. The van der Waals surface area contributed by atoms with Crippen LogP contribution < -0.4 is 10.2 Å². The Hall–Kier alpha value is -1.51. The summed E-state index contributed by atoms with van der Waals surface area (Å²) in [4.78, 5) is 12.1. The van der Waals surface area contributed by atoms with Gasteiger partial charge in [-0.15, -0.1) is 0 Å². The fourth-order valence-electron chi connectivity index (χ4n) is 1.21. The second-order valence-corrected chi connectivity index (χ2v) is 2.99. The van der Waals surface area contributed by atoms with Gasteiger partial charge in [0.05, 0.1) is 11.4 Å². The molecule has 0 saturated heterocycles. The smallest absolute Gasteiger partial charge is 0.213 e. The van der Waals surface area contributed by atoms with Gasteiger partial charge in [0, 0.05) is 14.1 Å². The van der Waals surface area contributed by atoms with Crippen LogP contribution in [0.2, 0.25) is 0 Å². The van der Waals surface area contributed by atoms with Crippen LogP contribution in [-0.2, 0) is 4.79 Å². The molecule has 0 spiro atoms. The second-order valence-electron chi connectivity index (χ2n) is 2.99. The van der Waals surface area contributed by atoms with E-state index in [9.17, 15) is 4.79 Å². The van der Waals surface area contributed by atoms with Crippen molar-refractivity contribution in [2.45, 2.75) is 6.92 Å². The fraction of sp³-hybridized carbons (Fsp3) is 0.300. The molecule has 1 amide bonds. The molecule has 3 heteroatoms. The maximum absolute atomic E-state index is 10.6. The van der Waals surface area contributed by atoms with Crippen molar-refractivity contribution in [2.24, 2.45) is 0 Å². The van der Waals surface area contributed by atoms with Gasteiger partial charge >= 0.3 is 0 Å². The average molecular weight is 178 g/mol. The molecule has 1 N–H and O–H groups in total. The molecular weight excluding hydrogens is 164 g/mol. The third kappa shape index (κ3) is 1.99. The zero-order valence-corrected chi connectivity index (χ0v) is 8.16. The summed E-state index contributed by atoms with van der Waals surface area (Å²) < 4.78 is 0. The number of carbonyl (C=O) groups is 1. The van der Waals surface area contributed by atoms with Crippen molar-refractivity contribution in [2.75, 3.05) is 24.3 Å². The van der Waals surface area contributed by atoms with E-state index in [-0.39, 0.29) is 0 Å². The Morgan fingerprint density at radius 2 is 2.15 bits per heavy atom. The van der Waals surface area contributed by atoms with Gasteiger partial charge < -0.3 is 10.2 Å². The Morgan fingerprint density at radius 3 is 2.69 bits per heavy atom. The largest absolute Gasteiger partial charge is 0.386 e. The minimum Gasteiger partial charge on any atom is -0.386 e. The van der Waals surface area contributed by atoms with Gasteiger partial charge in [-0.05, 0) is 24.6 Å². The Bertz CT molecular complexity index is 310. The number of carbonyl (C=O) groups excluding carboxylic acids is 1. The van der Waals surface area contributed by atoms with Crippen LogP contribution in [0.5, 0.6) is 0 Å². The number of rotatable bonds is 3. The summed E-state index contributed by atoms with van der Waals surface area (Å²) in [5, 5.41) is 3.05. The standard InChI is InChI=1S/C10H14N2O/c1-8-4-5-10(12(3)7-13)9(6-8)11-2/h4-7,11H,1-3H3. The number of nitrogens with zero attached hydrogens (tertiary/aromatic N) is 1. The molecule has 0 aliphatic carbocycles. The van der Waals surface area contributed by atoms with Gasteiger partial charge in [-0.25, -0.2) is 0 Å². The highest BCUT2D eigenvalue weighted by atomic mass is 16.1. The molecule has 0 aliphatic rings. The van der Waals surface area contributed by atoms with E-state index in [1.165, 1.54) is 5.56 Å². The molecule has 0 bridgehead atoms. The van der Waals surface area contributed by atoms with Gasteiger partial charge in [0.25, 0.3) is 0 Å². The minimum atomic E-state index is 0.797. The van der Waals surface area contributed by atoms with E-state index in [4.69, 9.17) is 0 Å². The summed E-state index contributed by atoms with van der Waals surface area (Å²) in [7, 11) is 3.58. The molecule has 1 rings (SSSR count). The molecule has 0 aromatic heterocycles. The molecule has 70 valence electrons. The Balaban J connectivity index is 3.12. The average Bonchev–Trinajstić information content (AvgIpc) is 2.16. The van der Waals surface area contributed by atoms with Crippen molar-refractivity contribution in [3.8, 4) is 0 Å². The number of benzene rings is 1. The first-order valence-corrected chi connectivity index (χ1v) is 4.15. The summed E-state index contributed by atoms with van der Waals surface area (Å²) in [6, 6.07) is 5.92. The zero-order chi connectivity index (χ0) is 9.84. The monoisotopic (exact) mass is 178 g/mol. The highest BCUT2D eigenvalue weighted by molar-refractivity contribution is 5.83. The SMILES string of the molecule is CNc1cc(C)ccc1N(C)C=O. The summed E-state index contributed by atoms with van der Waals surface area (Å²) in [6.07, 6.45) is 0.797. The predicted molar refractivity (Wildman–Crippen MR) is 55.2 cm³/mol.